The molecule has 0 saturated carbocycles. The van der Waals surface area contributed by atoms with Gasteiger partial charge >= 0.3 is 0 Å². The summed E-state index contributed by atoms with van der Waals surface area (Å²) >= 11 is 6.14. The minimum absolute atomic E-state index is 0.137. The molecular formula is C17H21ClN4O. The van der Waals surface area contributed by atoms with E-state index < -0.39 is 0 Å². The summed E-state index contributed by atoms with van der Waals surface area (Å²) in [7, 11) is 0. The van der Waals surface area contributed by atoms with E-state index in [1.54, 1.807) is 0 Å². The average Bonchev–Trinajstić information content (AvgIpc) is 2.88. The van der Waals surface area contributed by atoms with E-state index in [4.69, 9.17) is 11.6 Å². The average molecular weight is 333 g/mol. The zero-order chi connectivity index (χ0) is 16.4. The normalized spacial score (nSPS) is 15.1. The number of carbonyl (C=O) groups is 1. The van der Waals surface area contributed by atoms with Crippen LogP contribution in [0, 0.1) is 13.8 Å². The number of hydrogen-bond acceptors (Lipinski definition) is 3. The van der Waals surface area contributed by atoms with Crippen LogP contribution in [-0.2, 0) is 11.2 Å². The predicted octanol–water partition coefficient (Wildman–Crippen LogP) is 2.57. The van der Waals surface area contributed by atoms with Gasteiger partial charge in [0.25, 0.3) is 0 Å². The summed E-state index contributed by atoms with van der Waals surface area (Å²) in [6.45, 7) is 7.16. The van der Waals surface area contributed by atoms with Gasteiger partial charge in [-0.05, 0) is 25.5 Å². The van der Waals surface area contributed by atoms with Crippen molar-refractivity contribution >= 4 is 23.2 Å². The van der Waals surface area contributed by atoms with Crippen molar-refractivity contribution in [1.29, 1.82) is 0 Å². The van der Waals surface area contributed by atoms with E-state index in [0.717, 1.165) is 43.1 Å². The van der Waals surface area contributed by atoms with Gasteiger partial charge in [-0.3, -0.25) is 9.89 Å². The van der Waals surface area contributed by atoms with Crippen molar-refractivity contribution in [3.8, 4) is 0 Å². The van der Waals surface area contributed by atoms with Gasteiger partial charge in [-0.15, -0.1) is 0 Å². The minimum atomic E-state index is 0.137. The molecule has 1 fully saturated rings. The molecular weight excluding hydrogens is 312 g/mol. The molecule has 122 valence electrons. The third kappa shape index (κ3) is 3.34. The lowest BCUT2D eigenvalue weighted by Crippen LogP contribution is -2.49. The highest BCUT2D eigenvalue weighted by atomic mass is 35.5. The number of benzene rings is 1. The molecule has 1 amide bonds. The molecule has 0 spiro atoms. The zero-order valence-corrected chi connectivity index (χ0v) is 14.2. The topological polar surface area (TPSA) is 52.2 Å². The number of carbonyl (C=O) groups excluding carboxylic acids is 1. The van der Waals surface area contributed by atoms with Crippen LogP contribution in [0.3, 0.4) is 0 Å². The summed E-state index contributed by atoms with van der Waals surface area (Å²) < 4.78 is 0. The highest BCUT2D eigenvalue weighted by Gasteiger charge is 2.24. The summed E-state index contributed by atoms with van der Waals surface area (Å²) in [5, 5.41) is 7.93. The molecule has 2 heterocycles. The first-order valence-electron chi connectivity index (χ1n) is 7.84. The molecule has 1 saturated heterocycles. The van der Waals surface area contributed by atoms with Crippen molar-refractivity contribution in [1.82, 2.24) is 15.1 Å². The van der Waals surface area contributed by atoms with Crippen LogP contribution in [0.5, 0.6) is 0 Å². The van der Waals surface area contributed by atoms with Gasteiger partial charge in [0.2, 0.25) is 5.91 Å². The number of H-pyrrole nitrogens is 1. The first-order valence-corrected chi connectivity index (χ1v) is 8.21. The summed E-state index contributed by atoms with van der Waals surface area (Å²) in [5.74, 6) is 0.137. The van der Waals surface area contributed by atoms with E-state index in [9.17, 15) is 4.79 Å². The van der Waals surface area contributed by atoms with E-state index in [1.807, 2.05) is 43.0 Å². The first kappa shape index (κ1) is 15.9. The van der Waals surface area contributed by atoms with E-state index in [2.05, 4.69) is 15.1 Å². The number of aryl methyl sites for hydroxylation is 2. The van der Waals surface area contributed by atoms with Crippen LogP contribution in [-0.4, -0.2) is 47.2 Å². The number of halogens is 1. The van der Waals surface area contributed by atoms with Gasteiger partial charge in [0.1, 0.15) is 0 Å². The largest absolute Gasteiger partial charge is 0.365 e. The molecule has 1 aliphatic rings. The molecule has 3 rings (SSSR count). The number of rotatable bonds is 3. The molecule has 1 aromatic heterocycles. The maximum atomic E-state index is 12.5. The van der Waals surface area contributed by atoms with E-state index in [1.165, 1.54) is 5.69 Å². The Balaban J connectivity index is 1.61. The molecule has 2 aromatic rings. The minimum Gasteiger partial charge on any atom is -0.365 e. The molecule has 0 atom stereocenters. The second kappa shape index (κ2) is 6.62. The fraction of sp³-hybridized carbons (Fsp3) is 0.412. The smallest absolute Gasteiger partial charge is 0.227 e. The monoisotopic (exact) mass is 332 g/mol. The number of nitrogens with one attached hydrogen (secondary N) is 1. The molecule has 23 heavy (non-hydrogen) atoms. The quantitative estimate of drug-likeness (QED) is 0.940. The van der Waals surface area contributed by atoms with Crippen LogP contribution in [0.15, 0.2) is 24.3 Å². The van der Waals surface area contributed by atoms with Crippen LogP contribution >= 0.6 is 11.6 Å². The summed E-state index contributed by atoms with van der Waals surface area (Å²) in [4.78, 5) is 16.7. The number of aromatic nitrogens is 2. The first-order chi connectivity index (χ1) is 11.1. The molecule has 0 radical (unpaired) electrons. The highest BCUT2D eigenvalue weighted by Crippen LogP contribution is 2.23. The van der Waals surface area contributed by atoms with Crippen LogP contribution in [0.25, 0.3) is 0 Å². The summed E-state index contributed by atoms with van der Waals surface area (Å²) in [6.07, 6.45) is 0.365. The molecule has 0 aliphatic carbocycles. The van der Waals surface area contributed by atoms with Gasteiger partial charge in [0.15, 0.2) is 0 Å². The maximum absolute atomic E-state index is 12.5. The number of hydrogen-bond donors (Lipinski definition) is 1. The van der Waals surface area contributed by atoms with Crippen molar-refractivity contribution in [3.63, 3.8) is 0 Å². The van der Waals surface area contributed by atoms with Gasteiger partial charge < -0.3 is 9.80 Å². The van der Waals surface area contributed by atoms with Gasteiger partial charge in [0.05, 0.1) is 23.5 Å². The number of anilines is 1. The highest BCUT2D eigenvalue weighted by molar-refractivity contribution is 6.31. The number of aromatic amines is 1. The van der Waals surface area contributed by atoms with Crippen molar-refractivity contribution in [2.24, 2.45) is 0 Å². The Bertz CT molecular complexity index is 685. The number of piperazine rings is 1. The Morgan fingerprint density at radius 1 is 1.22 bits per heavy atom. The standard InChI is InChI=1S/C17H21ClN4O/c1-12-17(13(2)20-19-12)22-9-7-21(8-10-22)16(23)11-14-5-3-4-6-15(14)18/h3-6H,7-11H2,1-2H3,(H,19,20). The van der Waals surface area contributed by atoms with Gasteiger partial charge in [-0.1, -0.05) is 29.8 Å². The van der Waals surface area contributed by atoms with Gasteiger partial charge in [0, 0.05) is 31.2 Å². The van der Waals surface area contributed by atoms with Gasteiger partial charge in [-0.25, -0.2) is 0 Å². The lowest BCUT2D eigenvalue weighted by molar-refractivity contribution is -0.130. The number of amides is 1. The fourth-order valence-corrected chi connectivity index (χ4v) is 3.31. The molecule has 1 aromatic carbocycles. The van der Waals surface area contributed by atoms with E-state index in [-0.39, 0.29) is 5.91 Å². The Morgan fingerprint density at radius 3 is 2.52 bits per heavy atom. The summed E-state index contributed by atoms with van der Waals surface area (Å²) in [5.41, 5.74) is 4.16. The Morgan fingerprint density at radius 2 is 1.91 bits per heavy atom. The predicted molar refractivity (Wildman–Crippen MR) is 92.0 cm³/mol. The maximum Gasteiger partial charge on any atom is 0.227 e. The molecule has 6 heteroatoms. The van der Waals surface area contributed by atoms with Crippen molar-refractivity contribution in [3.05, 3.63) is 46.2 Å². The second-order valence-electron chi connectivity index (χ2n) is 5.92. The van der Waals surface area contributed by atoms with Crippen LogP contribution in [0.4, 0.5) is 5.69 Å². The zero-order valence-electron chi connectivity index (χ0n) is 13.5. The SMILES string of the molecule is Cc1n[nH]c(C)c1N1CCN(C(=O)Cc2ccccc2Cl)CC1. The summed E-state index contributed by atoms with van der Waals surface area (Å²) in [6, 6.07) is 7.53. The fourth-order valence-electron chi connectivity index (χ4n) is 3.11. The molecule has 1 N–H and O–H groups in total. The second-order valence-corrected chi connectivity index (χ2v) is 6.33. The Kier molecular flexibility index (Phi) is 4.57. The van der Waals surface area contributed by atoms with E-state index in [0.29, 0.717) is 11.4 Å². The van der Waals surface area contributed by atoms with Crippen molar-refractivity contribution < 1.29 is 4.79 Å². The van der Waals surface area contributed by atoms with Gasteiger partial charge in [-0.2, -0.15) is 5.10 Å². The molecule has 0 bridgehead atoms. The molecule has 1 aliphatic heterocycles. The Hall–Kier alpha value is -2.01. The van der Waals surface area contributed by atoms with Crippen LogP contribution in [0.1, 0.15) is 17.0 Å². The van der Waals surface area contributed by atoms with Crippen LogP contribution < -0.4 is 4.90 Å². The lowest BCUT2D eigenvalue weighted by Gasteiger charge is -2.36. The third-order valence-electron chi connectivity index (χ3n) is 4.34. The van der Waals surface area contributed by atoms with E-state index >= 15 is 0 Å². The lowest BCUT2D eigenvalue weighted by atomic mass is 10.1. The van der Waals surface area contributed by atoms with Crippen molar-refractivity contribution in [2.45, 2.75) is 20.3 Å². The third-order valence-corrected chi connectivity index (χ3v) is 4.71. The Labute approximate surface area is 141 Å². The van der Waals surface area contributed by atoms with Crippen molar-refractivity contribution in [2.75, 3.05) is 31.1 Å². The van der Waals surface area contributed by atoms with Crippen LogP contribution in [0.2, 0.25) is 5.02 Å². The molecule has 0 unspecified atom stereocenters. The number of nitrogens with zero attached hydrogens (tertiary/aromatic N) is 3. The molecule has 5 nitrogen and oxygen atoms in total.